The number of hydrogen-bond acceptors (Lipinski definition) is 4. The van der Waals surface area contributed by atoms with Crippen LogP contribution in [0.1, 0.15) is 55.6 Å². The van der Waals surface area contributed by atoms with Gasteiger partial charge in [-0.25, -0.2) is 4.79 Å². The summed E-state index contributed by atoms with van der Waals surface area (Å²) in [6, 6.07) is 16.3. The summed E-state index contributed by atoms with van der Waals surface area (Å²) in [6.07, 6.45) is 4.16. The minimum Gasteiger partial charge on any atom is -0.481 e. The van der Waals surface area contributed by atoms with E-state index in [1.54, 1.807) is 0 Å². The molecule has 0 spiro atoms. The number of ether oxygens (including phenoxy) is 1. The summed E-state index contributed by atoms with van der Waals surface area (Å²) in [5.74, 6) is -1.12. The van der Waals surface area contributed by atoms with Crippen LogP contribution in [0.25, 0.3) is 11.1 Å². The molecule has 7 heteroatoms. The second kappa shape index (κ2) is 10.1. The van der Waals surface area contributed by atoms with Gasteiger partial charge in [0.2, 0.25) is 5.91 Å². The Balaban J connectivity index is 1.15. The first-order valence-electron chi connectivity index (χ1n) is 12.6. The van der Waals surface area contributed by atoms with Crippen LogP contribution in [0.3, 0.4) is 0 Å². The Morgan fingerprint density at radius 2 is 1.60 bits per heavy atom. The number of rotatable bonds is 9. The Labute approximate surface area is 205 Å². The summed E-state index contributed by atoms with van der Waals surface area (Å²) in [6.45, 7) is 0.450. The van der Waals surface area contributed by atoms with Crippen LogP contribution in [0.15, 0.2) is 48.5 Å². The van der Waals surface area contributed by atoms with Crippen LogP contribution < -0.4 is 10.6 Å². The zero-order valence-electron chi connectivity index (χ0n) is 19.7. The number of amides is 2. The molecule has 3 atom stereocenters. The Morgan fingerprint density at radius 1 is 0.943 bits per heavy atom. The molecule has 5 rings (SSSR count). The first-order valence-corrected chi connectivity index (χ1v) is 12.6. The van der Waals surface area contributed by atoms with Gasteiger partial charge in [-0.2, -0.15) is 0 Å². The summed E-state index contributed by atoms with van der Waals surface area (Å²) in [4.78, 5) is 36.7. The van der Waals surface area contributed by atoms with Crippen LogP contribution >= 0.6 is 0 Å². The number of benzene rings is 2. The quantitative estimate of drug-likeness (QED) is 0.500. The molecular weight excluding hydrogens is 444 g/mol. The van der Waals surface area contributed by atoms with Gasteiger partial charge >= 0.3 is 12.1 Å². The topological polar surface area (TPSA) is 105 Å². The average Bonchev–Trinajstić information content (AvgIpc) is 3.46. The largest absolute Gasteiger partial charge is 0.481 e. The van der Waals surface area contributed by atoms with Crippen molar-refractivity contribution in [3.63, 3.8) is 0 Å². The van der Waals surface area contributed by atoms with Crippen molar-refractivity contribution in [3.8, 4) is 11.1 Å². The molecule has 35 heavy (non-hydrogen) atoms. The fraction of sp³-hybridized carbons (Fsp3) is 0.464. The summed E-state index contributed by atoms with van der Waals surface area (Å²) < 4.78 is 5.62. The van der Waals surface area contributed by atoms with Gasteiger partial charge in [-0.05, 0) is 53.9 Å². The highest BCUT2D eigenvalue weighted by Crippen LogP contribution is 2.44. The molecule has 184 valence electrons. The molecule has 0 radical (unpaired) electrons. The number of carboxylic acids is 1. The molecular formula is C28H32N2O5. The minimum absolute atomic E-state index is 0.0109. The molecule has 3 aliphatic carbocycles. The van der Waals surface area contributed by atoms with Crippen LogP contribution in [-0.2, 0) is 14.3 Å². The molecule has 0 heterocycles. The molecule has 0 bridgehead atoms. The summed E-state index contributed by atoms with van der Waals surface area (Å²) in [5, 5.41) is 15.0. The van der Waals surface area contributed by atoms with E-state index >= 15 is 0 Å². The second-order valence-corrected chi connectivity index (χ2v) is 10.1. The SMILES string of the molecule is O=C(NCC(CC1CC1)C(=O)N[C@H]1CC[C@@H](C(=O)O)C1)OCC1c2ccccc2-c2ccccc21. The van der Waals surface area contributed by atoms with Crippen LogP contribution in [0, 0.1) is 17.8 Å². The maximum Gasteiger partial charge on any atom is 0.407 e. The van der Waals surface area contributed by atoms with Crippen molar-refractivity contribution < 1.29 is 24.2 Å². The normalized spacial score (nSPS) is 21.6. The third kappa shape index (κ3) is 5.34. The van der Waals surface area contributed by atoms with E-state index in [9.17, 15) is 19.5 Å². The maximum atomic E-state index is 12.9. The first kappa shape index (κ1) is 23.4. The van der Waals surface area contributed by atoms with Gasteiger partial charge in [0.25, 0.3) is 0 Å². The Bertz CT molecular complexity index is 1070. The standard InChI is InChI=1S/C28H32N2O5/c31-26(30-20-12-11-18(14-20)27(32)33)19(13-17-9-10-17)15-29-28(34)35-16-25-23-7-3-1-5-21(23)22-6-2-4-8-24(22)25/h1-8,17-20,25H,9-16H2,(H,29,34)(H,30,31)(H,32,33)/t18-,19?,20+/m1/s1. The molecule has 2 amide bonds. The minimum atomic E-state index is -0.798. The van der Waals surface area contributed by atoms with Gasteiger partial charge in [0.15, 0.2) is 0 Å². The number of nitrogens with one attached hydrogen (secondary N) is 2. The molecule has 2 aromatic carbocycles. The van der Waals surface area contributed by atoms with Gasteiger partial charge in [0.1, 0.15) is 6.61 Å². The number of carbonyl (C=O) groups excluding carboxylic acids is 2. The predicted octanol–water partition coefficient (Wildman–Crippen LogP) is 4.31. The highest BCUT2D eigenvalue weighted by atomic mass is 16.5. The van der Waals surface area contributed by atoms with Crippen molar-refractivity contribution in [1.82, 2.24) is 10.6 Å². The zero-order chi connectivity index (χ0) is 24.4. The molecule has 2 fully saturated rings. The van der Waals surface area contributed by atoms with E-state index in [2.05, 4.69) is 34.9 Å². The molecule has 7 nitrogen and oxygen atoms in total. The lowest BCUT2D eigenvalue weighted by Crippen LogP contribution is -2.43. The van der Waals surface area contributed by atoms with Gasteiger partial charge in [-0.1, -0.05) is 61.4 Å². The van der Waals surface area contributed by atoms with Gasteiger partial charge in [-0.3, -0.25) is 9.59 Å². The Kier molecular flexibility index (Phi) is 6.75. The number of aliphatic carboxylic acids is 1. The molecule has 0 aliphatic heterocycles. The zero-order valence-corrected chi connectivity index (χ0v) is 19.7. The highest BCUT2D eigenvalue weighted by Gasteiger charge is 2.34. The van der Waals surface area contributed by atoms with Crippen LogP contribution in [0.5, 0.6) is 0 Å². The molecule has 0 aromatic heterocycles. The van der Waals surface area contributed by atoms with E-state index in [4.69, 9.17) is 4.74 Å². The van der Waals surface area contributed by atoms with Crippen molar-refractivity contribution in [2.45, 2.75) is 50.5 Å². The Morgan fingerprint density at radius 3 is 2.20 bits per heavy atom. The monoisotopic (exact) mass is 476 g/mol. The highest BCUT2D eigenvalue weighted by molar-refractivity contribution is 5.81. The molecule has 3 N–H and O–H groups in total. The fourth-order valence-electron chi connectivity index (χ4n) is 5.55. The van der Waals surface area contributed by atoms with E-state index in [0.717, 1.165) is 30.4 Å². The smallest absolute Gasteiger partial charge is 0.407 e. The number of hydrogen-bond donors (Lipinski definition) is 3. The van der Waals surface area contributed by atoms with Gasteiger partial charge in [-0.15, -0.1) is 0 Å². The third-order valence-electron chi connectivity index (χ3n) is 7.65. The number of alkyl carbamates (subject to hydrolysis) is 1. The lowest BCUT2D eigenvalue weighted by Gasteiger charge is -2.21. The number of fused-ring (bicyclic) bond motifs is 3. The van der Waals surface area contributed by atoms with Gasteiger partial charge in [0.05, 0.1) is 11.8 Å². The second-order valence-electron chi connectivity index (χ2n) is 10.1. The maximum absolute atomic E-state index is 12.9. The average molecular weight is 477 g/mol. The molecule has 2 saturated carbocycles. The molecule has 3 aliphatic rings. The van der Waals surface area contributed by atoms with E-state index in [1.807, 2.05) is 24.3 Å². The van der Waals surface area contributed by atoms with Crippen molar-refractivity contribution in [2.75, 3.05) is 13.2 Å². The van der Waals surface area contributed by atoms with E-state index in [1.165, 1.54) is 11.1 Å². The summed E-state index contributed by atoms with van der Waals surface area (Å²) >= 11 is 0. The van der Waals surface area contributed by atoms with Crippen LogP contribution in [0.2, 0.25) is 0 Å². The van der Waals surface area contributed by atoms with E-state index in [-0.39, 0.29) is 42.9 Å². The first-order chi connectivity index (χ1) is 17.0. The van der Waals surface area contributed by atoms with Crippen molar-refractivity contribution >= 4 is 18.0 Å². The molecule has 2 aromatic rings. The van der Waals surface area contributed by atoms with Gasteiger partial charge in [0, 0.05) is 18.5 Å². The van der Waals surface area contributed by atoms with E-state index < -0.39 is 12.1 Å². The fourth-order valence-corrected chi connectivity index (χ4v) is 5.55. The number of carbonyl (C=O) groups is 3. The van der Waals surface area contributed by atoms with Gasteiger partial charge < -0.3 is 20.5 Å². The summed E-state index contributed by atoms with van der Waals surface area (Å²) in [5.41, 5.74) is 4.66. The van der Waals surface area contributed by atoms with E-state index in [0.29, 0.717) is 25.2 Å². The van der Waals surface area contributed by atoms with Crippen molar-refractivity contribution in [1.29, 1.82) is 0 Å². The molecule has 0 saturated heterocycles. The van der Waals surface area contributed by atoms with Crippen LogP contribution in [0.4, 0.5) is 4.79 Å². The van der Waals surface area contributed by atoms with Crippen molar-refractivity contribution in [2.24, 2.45) is 17.8 Å². The summed E-state index contributed by atoms with van der Waals surface area (Å²) in [7, 11) is 0. The third-order valence-corrected chi connectivity index (χ3v) is 7.65. The van der Waals surface area contributed by atoms with Crippen molar-refractivity contribution in [3.05, 3.63) is 59.7 Å². The number of carboxylic acid groups (broad SMARTS) is 1. The predicted molar refractivity (Wildman–Crippen MR) is 131 cm³/mol. The Hall–Kier alpha value is -3.35. The lowest BCUT2D eigenvalue weighted by molar-refractivity contribution is -0.141. The lowest BCUT2D eigenvalue weighted by atomic mass is 9.98. The molecule has 1 unspecified atom stereocenters. The van der Waals surface area contributed by atoms with Crippen LogP contribution in [-0.4, -0.2) is 42.3 Å².